The van der Waals surface area contributed by atoms with Crippen molar-refractivity contribution in [1.29, 1.82) is 0 Å². The first-order valence-electron chi connectivity index (χ1n) is 12.7. The zero-order valence-corrected chi connectivity index (χ0v) is 22.1. The highest BCUT2D eigenvalue weighted by Crippen LogP contribution is 2.11. The molecule has 3 amide bonds. The van der Waals surface area contributed by atoms with Crippen LogP contribution in [0.15, 0.2) is 60.7 Å². The lowest BCUT2D eigenvalue weighted by atomic mass is 9.99. The molecule has 0 aliphatic rings. The van der Waals surface area contributed by atoms with Gasteiger partial charge in [-0.25, -0.2) is 4.79 Å². The zero-order valence-electron chi connectivity index (χ0n) is 22.1. The number of nitrogens with one attached hydrogen (secondary N) is 3. The van der Waals surface area contributed by atoms with Crippen molar-refractivity contribution in [2.45, 2.75) is 71.7 Å². The van der Waals surface area contributed by atoms with Gasteiger partial charge in [0.05, 0.1) is 6.04 Å². The Balaban J connectivity index is 2.04. The standard InChI is InChI=1S/C29H39N3O5/c1-20(2)15-25(27(34)30-24(18-33)17-22-11-7-5-8-12-22)31-28(35)26(16-21(3)4)32-29(36)37-19-23-13-9-6-10-14-23/h5-14,18,20-21,24-26H,15-17,19H2,1-4H3,(H,30,34)(H,31,35)(H,32,36). The number of amides is 3. The molecule has 3 unspecified atom stereocenters. The number of carbonyl (C=O) groups is 4. The van der Waals surface area contributed by atoms with E-state index in [1.54, 1.807) is 0 Å². The second-order valence-corrected chi connectivity index (χ2v) is 10.0. The van der Waals surface area contributed by atoms with Crippen LogP contribution in [0.25, 0.3) is 0 Å². The second kappa shape index (κ2) is 15.4. The van der Waals surface area contributed by atoms with E-state index in [-0.39, 0.29) is 18.4 Å². The maximum atomic E-state index is 13.2. The molecule has 0 fully saturated rings. The summed E-state index contributed by atoms with van der Waals surface area (Å²) in [7, 11) is 0. The Morgan fingerprint density at radius 3 is 1.73 bits per heavy atom. The minimum atomic E-state index is -0.878. The molecule has 2 aromatic carbocycles. The molecule has 0 spiro atoms. The van der Waals surface area contributed by atoms with Crippen LogP contribution in [0.3, 0.4) is 0 Å². The maximum absolute atomic E-state index is 13.2. The first-order valence-corrected chi connectivity index (χ1v) is 12.7. The van der Waals surface area contributed by atoms with Crippen molar-refractivity contribution in [2.75, 3.05) is 0 Å². The molecule has 8 nitrogen and oxygen atoms in total. The van der Waals surface area contributed by atoms with E-state index in [9.17, 15) is 19.2 Å². The van der Waals surface area contributed by atoms with Crippen LogP contribution >= 0.6 is 0 Å². The van der Waals surface area contributed by atoms with Gasteiger partial charge >= 0.3 is 6.09 Å². The lowest BCUT2D eigenvalue weighted by molar-refractivity contribution is -0.131. The van der Waals surface area contributed by atoms with Crippen LogP contribution in [0.2, 0.25) is 0 Å². The molecule has 3 N–H and O–H groups in total. The van der Waals surface area contributed by atoms with Gasteiger partial charge in [-0.2, -0.15) is 0 Å². The first-order chi connectivity index (χ1) is 17.7. The normalized spacial score (nSPS) is 13.4. The fraction of sp³-hybridized carbons (Fsp3) is 0.448. The van der Waals surface area contributed by atoms with Gasteiger partial charge in [0, 0.05) is 0 Å². The van der Waals surface area contributed by atoms with Gasteiger partial charge in [0.15, 0.2) is 0 Å². The number of carbonyl (C=O) groups excluding carboxylic acids is 4. The molecule has 0 aromatic heterocycles. The summed E-state index contributed by atoms with van der Waals surface area (Å²) in [6, 6.07) is 16.2. The third kappa shape index (κ3) is 11.3. The fourth-order valence-corrected chi connectivity index (χ4v) is 3.87. The topological polar surface area (TPSA) is 114 Å². The third-order valence-electron chi connectivity index (χ3n) is 5.66. The molecule has 0 aliphatic heterocycles. The largest absolute Gasteiger partial charge is 0.445 e. The van der Waals surface area contributed by atoms with Gasteiger partial charge < -0.3 is 25.5 Å². The van der Waals surface area contributed by atoms with Crippen LogP contribution < -0.4 is 16.0 Å². The van der Waals surface area contributed by atoms with E-state index in [1.165, 1.54) is 0 Å². The molecule has 0 aliphatic carbocycles. The lowest BCUT2D eigenvalue weighted by Crippen LogP contribution is -2.55. The Morgan fingerprint density at radius 1 is 0.730 bits per heavy atom. The molecule has 37 heavy (non-hydrogen) atoms. The van der Waals surface area contributed by atoms with E-state index in [4.69, 9.17) is 4.74 Å². The van der Waals surface area contributed by atoms with E-state index in [1.807, 2.05) is 88.4 Å². The summed E-state index contributed by atoms with van der Waals surface area (Å²) in [6.45, 7) is 7.84. The van der Waals surface area contributed by atoms with Crippen LogP contribution in [-0.4, -0.2) is 42.3 Å². The summed E-state index contributed by atoms with van der Waals surface area (Å²) in [4.78, 5) is 50.4. The molecule has 2 rings (SSSR count). The molecule has 0 heterocycles. The van der Waals surface area contributed by atoms with Crippen molar-refractivity contribution >= 4 is 24.2 Å². The smallest absolute Gasteiger partial charge is 0.408 e. The minimum Gasteiger partial charge on any atom is -0.445 e. The van der Waals surface area contributed by atoms with E-state index in [2.05, 4.69) is 16.0 Å². The van der Waals surface area contributed by atoms with Crippen molar-refractivity contribution in [3.63, 3.8) is 0 Å². The number of rotatable bonds is 14. The number of aldehydes is 1. The number of benzene rings is 2. The molecule has 0 bridgehead atoms. The average molecular weight is 510 g/mol. The lowest BCUT2D eigenvalue weighted by Gasteiger charge is -2.26. The highest BCUT2D eigenvalue weighted by molar-refractivity contribution is 5.92. The van der Waals surface area contributed by atoms with Crippen molar-refractivity contribution in [2.24, 2.45) is 11.8 Å². The van der Waals surface area contributed by atoms with Crippen molar-refractivity contribution in [3.8, 4) is 0 Å². The van der Waals surface area contributed by atoms with Gasteiger partial charge in [-0.3, -0.25) is 9.59 Å². The highest BCUT2D eigenvalue weighted by Gasteiger charge is 2.29. The molecule has 8 heteroatoms. The van der Waals surface area contributed by atoms with Crippen LogP contribution in [0, 0.1) is 11.8 Å². The summed E-state index contributed by atoms with van der Waals surface area (Å²) in [5.41, 5.74) is 1.75. The average Bonchev–Trinajstić information content (AvgIpc) is 2.86. The quantitative estimate of drug-likeness (QED) is 0.336. The molecule has 2 aromatic rings. The number of alkyl carbamates (subject to hydrolysis) is 1. The van der Waals surface area contributed by atoms with E-state index in [0.29, 0.717) is 25.5 Å². The van der Waals surface area contributed by atoms with Crippen molar-refractivity contribution < 1.29 is 23.9 Å². The van der Waals surface area contributed by atoms with Crippen LogP contribution in [0.1, 0.15) is 51.7 Å². The summed E-state index contributed by atoms with van der Waals surface area (Å²) in [5, 5.41) is 8.18. The minimum absolute atomic E-state index is 0.0789. The van der Waals surface area contributed by atoms with Gasteiger partial charge in [-0.15, -0.1) is 0 Å². The summed E-state index contributed by atoms with van der Waals surface area (Å²) in [5.74, 6) is -0.707. The Kier molecular flexibility index (Phi) is 12.3. The molecular formula is C29H39N3O5. The van der Waals surface area contributed by atoms with E-state index >= 15 is 0 Å². The Hall–Kier alpha value is -3.68. The summed E-state index contributed by atoms with van der Waals surface area (Å²) >= 11 is 0. The van der Waals surface area contributed by atoms with E-state index in [0.717, 1.165) is 11.1 Å². The SMILES string of the molecule is CC(C)CC(NC(=O)OCc1ccccc1)C(=O)NC(CC(C)C)C(=O)NC(C=O)Cc1ccccc1. The molecule has 0 radical (unpaired) electrons. The molecule has 200 valence electrons. The molecule has 0 saturated heterocycles. The monoisotopic (exact) mass is 509 g/mol. The highest BCUT2D eigenvalue weighted by atomic mass is 16.5. The predicted molar refractivity (Wildman–Crippen MR) is 143 cm³/mol. The van der Waals surface area contributed by atoms with Gasteiger partial charge in [0.2, 0.25) is 11.8 Å². The van der Waals surface area contributed by atoms with Gasteiger partial charge in [0.1, 0.15) is 25.0 Å². The Bertz CT molecular complexity index is 995. The summed E-state index contributed by atoms with van der Waals surface area (Å²) in [6.07, 6.45) is 1.08. The molecular weight excluding hydrogens is 470 g/mol. The van der Waals surface area contributed by atoms with Crippen LogP contribution in [0.5, 0.6) is 0 Å². The first kappa shape index (κ1) is 29.5. The maximum Gasteiger partial charge on any atom is 0.408 e. The fourth-order valence-electron chi connectivity index (χ4n) is 3.87. The summed E-state index contributed by atoms with van der Waals surface area (Å²) < 4.78 is 5.28. The predicted octanol–water partition coefficient (Wildman–Crippen LogP) is 3.78. The van der Waals surface area contributed by atoms with Crippen molar-refractivity contribution in [1.82, 2.24) is 16.0 Å². The van der Waals surface area contributed by atoms with Gasteiger partial charge in [-0.05, 0) is 42.2 Å². The molecule has 0 saturated carbocycles. The van der Waals surface area contributed by atoms with Crippen LogP contribution in [0.4, 0.5) is 4.79 Å². The number of hydrogen-bond donors (Lipinski definition) is 3. The molecule has 3 atom stereocenters. The zero-order chi connectivity index (χ0) is 27.2. The number of ether oxygens (including phenoxy) is 1. The van der Waals surface area contributed by atoms with Gasteiger partial charge in [-0.1, -0.05) is 88.4 Å². The Morgan fingerprint density at radius 2 is 1.22 bits per heavy atom. The van der Waals surface area contributed by atoms with Gasteiger partial charge in [0.25, 0.3) is 0 Å². The van der Waals surface area contributed by atoms with E-state index < -0.39 is 36.0 Å². The second-order valence-electron chi connectivity index (χ2n) is 10.0. The number of hydrogen-bond acceptors (Lipinski definition) is 5. The third-order valence-corrected chi connectivity index (χ3v) is 5.66. The Labute approximate surface area is 219 Å². The van der Waals surface area contributed by atoms with Crippen molar-refractivity contribution in [3.05, 3.63) is 71.8 Å². The van der Waals surface area contributed by atoms with Crippen LogP contribution in [-0.2, 0) is 32.1 Å².